The molecule has 5 nitrogen and oxygen atoms in total. The summed E-state index contributed by atoms with van der Waals surface area (Å²) >= 11 is 6.13. The van der Waals surface area contributed by atoms with E-state index in [-0.39, 0.29) is 5.91 Å². The highest BCUT2D eigenvalue weighted by molar-refractivity contribution is 6.31. The quantitative estimate of drug-likeness (QED) is 0.810. The molecular weight excluding hydrogens is 352 g/mol. The van der Waals surface area contributed by atoms with Crippen LogP contribution in [-0.4, -0.2) is 31.7 Å². The van der Waals surface area contributed by atoms with Gasteiger partial charge in [-0.2, -0.15) is 0 Å². The number of ether oxygens (including phenoxy) is 2. The fraction of sp³-hybridized carbons (Fsp3) is 0.350. The van der Waals surface area contributed by atoms with Gasteiger partial charge in [-0.1, -0.05) is 29.8 Å². The van der Waals surface area contributed by atoms with E-state index in [4.69, 9.17) is 21.1 Å². The number of nitrogens with one attached hydrogen (secondary N) is 2. The van der Waals surface area contributed by atoms with Gasteiger partial charge < -0.3 is 20.1 Å². The molecule has 1 fully saturated rings. The van der Waals surface area contributed by atoms with Crippen molar-refractivity contribution in [3.8, 4) is 5.75 Å². The molecule has 0 spiro atoms. The van der Waals surface area contributed by atoms with E-state index in [0.717, 1.165) is 24.3 Å². The minimum atomic E-state index is -0.759. The van der Waals surface area contributed by atoms with Crippen LogP contribution in [0.15, 0.2) is 48.5 Å². The Hall–Kier alpha value is -2.08. The zero-order valence-corrected chi connectivity index (χ0v) is 15.5. The molecule has 6 heteroatoms. The van der Waals surface area contributed by atoms with Crippen LogP contribution in [-0.2, 0) is 16.1 Å². The molecule has 1 amide bonds. The number of hydrogen-bond acceptors (Lipinski definition) is 4. The van der Waals surface area contributed by atoms with Gasteiger partial charge in [-0.25, -0.2) is 0 Å². The summed E-state index contributed by atoms with van der Waals surface area (Å²) in [6, 6.07) is 14.9. The maximum atomic E-state index is 12.6. The summed E-state index contributed by atoms with van der Waals surface area (Å²) in [6.07, 6.45) is 1.32. The van der Waals surface area contributed by atoms with Crippen LogP contribution < -0.4 is 15.4 Å². The molecule has 26 heavy (non-hydrogen) atoms. The second-order valence-electron chi connectivity index (χ2n) is 6.31. The van der Waals surface area contributed by atoms with E-state index in [1.165, 1.54) is 0 Å². The van der Waals surface area contributed by atoms with Crippen molar-refractivity contribution in [3.05, 3.63) is 59.1 Å². The molecule has 0 aliphatic carbocycles. The van der Waals surface area contributed by atoms with E-state index in [0.29, 0.717) is 30.2 Å². The van der Waals surface area contributed by atoms with Gasteiger partial charge in [-0.15, -0.1) is 0 Å². The molecule has 2 aromatic rings. The van der Waals surface area contributed by atoms with Gasteiger partial charge in [-0.3, -0.25) is 4.79 Å². The SMILES string of the molecule is COC1(C(=O)Nc2ccc(OCc3ccccc3Cl)cc2)CCNCC1. The Labute approximate surface area is 158 Å². The highest BCUT2D eigenvalue weighted by Gasteiger charge is 2.39. The van der Waals surface area contributed by atoms with E-state index in [1.807, 2.05) is 48.5 Å². The maximum Gasteiger partial charge on any atom is 0.256 e. The Balaban J connectivity index is 1.59. The minimum Gasteiger partial charge on any atom is -0.489 e. The zero-order valence-electron chi connectivity index (χ0n) is 14.8. The van der Waals surface area contributed by atoms with E-state index >= 15 is 0 Å². The van der Waals surface area contributed by atoms with E-state index < -0.39 is 5.60 Å². The normalized spacial score (nSPS) is 16.1. The van der Waals surface area contributed by atoms with Crippen LogP contribution in [0.4, 0.5) is 5.69 Å². The summed E-state index contributed by atoms with van der Waals surface area (Å²) in [7, 11) is 1.59. The van der Waals surface area contributed by atoms with Crippen molar-refractivity contribution >= 4 is 23.2 Å². The van der Waals surface area contributed by atoms with E-state index in [9.17, 15) is 4.79 Å². The van der Waals surface area contributed by atoms with Crippen LogP contribution in [0.1, 0.15) is 18.4 Å². The van der Waals surface area contributed by atoms with Crippen molar-refractivity contribution in [1.29, 1.82) is 0 Å². The molecule has 0 atom stereocenters. The lowest BCUT2D eigenvalue weighted by molar-refractivity contribution is -0.140. The van der Waals surface area contributed by atoms with E-state index in [1.54, 1.807) is 7.11 Å². The Kier molecular flexibility index (Phi) is 6.14. The first kappa shape index (κ1) is 18.7. The Morgan fingerprint density at radius 3 is 2.50 bits per heavy atom. The van der Waals surface area contributed by atoms with Gasteiger partial charge in [0.1, 0.15) is 18.0 Å². The lowest BCUT2D eigenvalue weighted by Gasteiger charge is -2.34. The van der Waals surface area contributed by atoms with Crippen molar-refractivity contribution in [2.45, 2.75) is 25.0 Å². The molecule has 3 rings (SSSR count). The highest BCUT2D eigenvalue weighted by atomic mass is 35.5. The molecule has 1 heterocycles. The Morgan fingerprint density at radius 2 is 1.85 bits per heavy atom. The summed E-state index contributed by atoms with van der Waals surface area (Å²) < 4.78 is 11.3. The molecular formula is C20H23ClN2O3. The number of halogens is 1. The van der Waals surface area contributed by atoms with Gasteiger partial charge in [0.05, 0.1) is 0 Å². The summed E-state index contributed by atoms with van der Waals surface area (Å²) in [6.45, 7) is 1.94. The molecule has 1 saturated heterocycles. The number of carbonyl (C=O) groups excluding carboxylic acids is 1. The third-order valence-corrected chi connectivity index (χ3v) is 5.05. The number of hydrogen-bond donors (Lipinski definition) is 2. The molecule has 1 aliphatic rings. The first-order valence-electron chi connectivity index (χ1n) is 8.66. The molecule has 0 radical (unpaired) electrons. The van der Waals surface area contributed by atoms with Gasteiger partial charge in [0, 0.05) is 23.4 Å². The van der Waals surface area contributed by atoms with Crippen molar-refractivity contribution in [2.24, 2.45) is 0 Å². The Bertz CT molecular complexity index is 743. The number of piperidine rings is 1. The Morgan fingerprint density at radius 1 is 1.15 bits per heavy atom. The van der Waals surface area contributed by atoms with Crippen LogP contribution in [0.25, 0.3) is 0 Å². The third-order valence-electron chi connectivity index (χ3n) is 4.68. The van der Waals surface area contributed by atoms with Gasteiger partial charge >= 0.3 is 0 Å². The lowest BCUT2D eigenvalue weighted by atomic mass is 9.91. The highest BCUT2D eigenvalue weighted by Crippen LogP contribution is 2.25. The number of rotatable bonds is 6. The van der Waals surface area contributed by atoms with Crippen molar-refractivity contribution in [3.63, 3.8) is 0 Å². The van der Waals surface area contributed by atoms with Crippen LogP contribution in [0.2, 0.25) is 5.02 Å². The molecule has 0 saturated carbocycles. The average molecular weight is 375 g/mol. The van der Waals surface area contributed by atoms with Crippen molar-refractivity contribution < 1.29 is 14.3 Å². The molecule has 1 aliphatic heterocycles. The summed E-state index contributed by atoms with van der Waals surface area (Å²) in [4.78, 5) is 12.6. The monoisotopic (exact) mass is 374 g/mol. The molecule has 0 unspecified atom stereocenters. The number of amides is 1. The second kappa shape index (κ2) is 8.54. The third kappa shape index (κ3) is 4.36. The average Bonchev–Trinajstić information content (AvgIpc) is 2.69. The topological polar surface area (TPSA) is 59.6 Å². The zero-order chi connectivity index (χ0) is 18.4. The fourth-order valence-corrected chi connectivity index (χ4v) is 3.20. The van der Waals surface area contributed by atoms with Gasteiger partial charge in [0.2, 0.25) is 0 Å². The fourth-order valence-electron chi connectivity index (χ4n) is 3.01. The molecule has 0 aromatic heterocycles. The largest absolute Gasteiger partial charge is 0.489 e. The predicted molar refractivity (Wildman–Crippen MR) is 103 cm³/mol. The number of anilines is 1. The lowest BCUT2D eigenvalue weighted by Crippen LogP contribution is -2.51. The van der Waals surface area contributed by atoms with Gasteiger partial charge in [0.15, 0.2) is 0 Å². The van der Waals surface area contributed by atoms with Crippen LogP contribution in [0.5, 0.6) is 5.75 Å². The second-order valence-corrected chi connectivity index (χ2v) is 6.71. The molecule has 2 N–H and O–H groups in total. The standard InChI is InChI=1S/C20H23ClN2O3/c1-25-20(10-12-22-13-11-20)19(24)23-16-6-8-17(9-7-16)26-14-15-4-2-3-5-18(15)21/h2-9,22H,10-14H2,1H3,(H,23,24). The van der Waals surface area contributed by atoms with Crippen molar-refractivity contribution in [1.82, 2.24) is 5.32 Å². The summed E-state index contributed by atoms with van der Waals surface area (Å²) in [5.74, 6) is 0.609. The molecule has 138 valence electrons. The number of methoxy groups -OCH3 is 1. The molecule has 2 aromatic carbocycles. The maximum absolute atomic E-state index is 12.6. The van der Waals surface area contributed by atoms with E-state index in [2.05, 4.69) is 10.6 Å². The van der Waals surface area contributed by atoms with Crippen LogP contribution in [0.3, 0.4) is 0 Å². The van der Waals surface area contributed by atoms with Crippen LogP contribution in [0, 0.1) is 0 Å². The smallest absolute Gasteiger partial charge is 0.256 e. The van der Waals surface area contributed by atoms with Gasteiger partial charge in [0.25, 0.3) is 5.91 Å². The number of carbonyl (C=O) groups is 1. The summed E-state index contributed by atoms with van der Waals surface area (Å²) in [5, 5.41) is 6.87. The summed E-state index contributed by atoms with van der Waals surface area (Å²) in [5.41, 5.74) is 0.888. The molecule has 0 bridgehead atoms. The van der Waals surface area contributed by atoms with Gasteiger partial charge in [-0.05, 0) is 56.3 Å². The number of benzene rings is 2. The van der Waals surface area contributed by atoms with Crippen LogP contribution >= 0.6 is 11.6 Å². The minimum absolute atomic E-state index is 0.105. The van der Waals surface area contributed by atoms with Crippen molar-refractivity contribution in [2.75, 3.05) is 25.5 Å². The first-order valence-corrected chi connectivity index (χ1v) is 9.04. The first-order chi connectivity index (χ1) is 12.6. The predicted octanol–water partition coefficient (Wildman–Crippen LogP) is 3.63.